The lowest BCUT2D eigenvalue weighted by Crippen LogP contribution is -2.50. The number of nitrogens with one attached hydrogen (secondary N) is 1. The SMILES string of the molecule is C[C@H](NC(=O)C/C(=C\c1ccccc1)C(=O)OCc1ccccc1)C(=O)N1CCC[C@H]1C(=O)O. The molecule has 1 aliphatic rings. The topological polar surface area (TPSA) is 113 Å². The van der Waals surface area contributed by atoms with Gasteiger partial charge in [-0.25, -0.2) is 9.59 Å². The van der Waals surface area contributed by atoms with Crippen molar-refractivity contribution in [2.75, 3.05) is 6.54 Å². The number of hydrogen-bond donors (Lipinski definition) is 2. The Balaban J connectivity index is 1.67. The molecule has 2 aromatic rings. The van der Waals surface area contributed by atoms with E-state index in [0.29, 0.717) is 19.4 Å². The van der Waals surface area contributed by atoms with Gasteiger partial charge >= 0.3 is 11.9 Å². The van der Waals surface area contributed by atoms with Gasteiger partial charge in [0.25, 0.3) is 0 Å². The Morgan fingerprint density at radius 1 is 1.09 bits per heavy atom. The second-order valence-corrected chi connectivity index (χ2v) is 8.14. The number of carboxylic acid groups (broad SMARTS) is 1. The Kier molecular flexibility index (Phi) is 8.56. The van der Waals surface area contributed by atoms with Crippen molar-refractivity contribution in [2.24, 2.45) is 0 Å². The summed E-state index contributed by atoms with van der Waals surface area (Å²) in [4.78, 5) is 50.9. The lowest BCUT2D eigenvalue weighted by atomic mass is 10.1. The molecule has 2 atom stereocenters. The molecule has 34 heavy (non-hydrogen) atoms. The van der Waals surface area contributed by atoms with Crippen LogP contribution in [-0.4, -0.2) is 52.4 Å². The predicted octanol–water partition coefficient (Wildman–Crippen LogP) is 2.78. The highest BCUT2D eigenvalue weighted by Gasteiger charge is 2.36. The van der Waals surface area contributed by atoms with Crippen LogP contribution in [0, 0.1) is 0 Å². The molecule has 0 spiro atoms. The fraction of sp³-hybridized carbons (Fsp3) is 0.308. The third kappa shape index (κ3) is 6.78. The van der Waals surface area contributed by atoms with Gasteiger partial charge in [0.15, 0.2) is 0 Å². The largest absolute Gasteiger partial charge is 0.480 e. The molecule has 1 heterocycles. The van der Waals surface area contributed by atoms with Crippen molar-refractivity contribution in [2.45, 2.75) is 44.9 Å². The molecule has 0 aliphatic carbocycles. The molecule has 8 nitrogen and oxygen atoms in total. The molecule has 1 saturated heterocycles. The Morgan fingerprint density at radius 2 is 1.74 bits per heavy atom. The first-order chi connectivity index (χ1) is 16.3. The highest BCUT2D eigenvalue weighted by molar-refractivity contribution is 6.00. The van der Waals surface area contributed by atoms with Crippen molar-refractivity contribution in [3.05, 3.63) is 77.4 Å². The van der Waals surface area contributed by atoms with Gasteiger partial charge in [0.2, 0.25) is 11.8 Å². The number of carboxylic acids is 1. The van der Waals surface area contributed by atoms with Crippen molar-refractivity contribution in [1.29, 1.82) is 0 Å². The molecule has 0 saturated carbocycles. The van der Waals surface area contributed by atoms with Crippen molar-refractivity contribution >= 4 is 29.8 Å². The van der Waals surface area contributed by atoms with Gasteiger partial charge in [-0.1, -0.05) is 60.7 Å². The van der Waals surface area contributed by atoms with E-state index < -0.39 is 35.8 Å². The van der Waals surface area contributed by atoms with Gasteiger partial charge in [-0.3, -0.25) is 9.59 Å². The van der Waals surface area contributed by atoms with Crippen LogP contribution in [0.5, 0.6) is 0 Å². The maximum atomic E-state index is 12.8. The van der Waals surface area contributed by atoms with Gasteiger partial charge in [-0.05, 0) is 37.0 Å². The standard InChI is InChI=1S/C26H28N2O6/c1-18(24(30)28-14-8-13-22(28)25(31)32)27-23(29)16-21(15-19-9-4-2-5-10-19)26(33)34-17-20-11-6-3-7-12-20/h2-7,9-12,15,18,22H,8,13-14,16-17H2,1H3,(H,27,29)(H,31,32)/b21-15+/t18-,22-/m0/s1. The second-order valence-electron chi connectivity index (χ2n) is 8.14. The summed E-state index contributed by atoms with van der Waals surface area (Å²) in [7, 11) is 0. The van der Waals surface area contributed by atoms with Gasteiger partial charge in [0, 0.05) is 12.1 Å². The van der Waals surface area contributed by atoms with E-state index >= 15 is 0 Å². The van der Waals surface area contributed by atoms with Crippen molar-refractivity contribution < 1.29 is 29.0 Å². The zero-order chi connectivity index (χ0) is 24.5. The molecule has 178 valence electrons. The van der Waals surface area contributed by atoms with Crippen LogP contribution in [0.4, 0.5) is 0 Å². The van der Waals surface area contributed by atoms with Crippen LogP contribution < -0.4 is 5.32 Å². The van der Waals surface area contributed by atoms with Crippen molar-refractivity contribution in [3.63, 3.8) is 0 Å². The smallest absolute Gasteiger partial charge is 0.334 e. The fourth-order valence-electron chi connectivity index (χ4n) is 3.81. The summed E-state index contributed by atoms with van der Waals surface area (Å²) in [6.07, 6.45) is 2.28. The number of esters is 1. The van der Waals surface area contributed by atoms with E-state index in [4.69, 9.17) is 4.74 Å². The molecule has 0 bridgehead atoms. The number of ether oxygens (including phenoxy) is 1. The van der Waals surface area contributed by atoms with Gasteiger partial charge < -0.3 is 20.1 Å². The number of aliphatic carboxylic acids is 1. The maximum Gasteiger partial charge on any atom is 0.334 e. The Bertz CT molecular complexity index is 1050. The van der Waals surface area contributed by atoms with Crippen LogP contribution in [0.15, 0.2) is 66.2 Å². The number of carbonyl (C=O) groups is 4. The Labute approximate surface area is 198 Å². The van der Waals surface area contributed by atoms with Crippen molar-refractivity contribution in [1.82, 2.24) is 10.2 Å². The van der Waals surface area contributed by atoms with Crippen molar-refractivity contribution in [3.8, 4) is 0 Å². The van der Waals surface area contributed by atoms with Gasteiger partial charge in [0.1, 0.15) is 18.7 Å². The summed E-state index contributed by atoms with van der Waals surface area (Å²) in [5, 5.41) is 11.9. The maximum absolute atomic E-state index is 12.8. The fourth-order valence-corrected chi connectivity index (χ4v) is 3.81. The van der Waals surface area contributed by atoms with E-state index in [1.165, 1.54) is 11.8 Å². The Hall–Kier alpha value is -3.94. The molecule has 2 amide bonds. The van der Waals surface area contributed by atoms with E-state index in [2.05, 4.69) is 5.32 Å². The number of hydrogen-bond acceptors (Lipinski definition) is 5. The van der Waals surface area contributed by atoms with Crippen LogP contribution >= 0.6 is 0 Å². The minimum atomic E-state index is -1.06. The molecule has 1 aliphatic heterocycles. The highest BCUT2D eigenvalue weighted by Crippen LogP contribution is 2.19. The van der Waals surface area contributed by atoms with E-state index in [9.17, 15) is 24.3 Å². The summed E-state index contributed by atoms with van der Waals surface area (Å²) in [6.45, 7) is 1.90. The molecule has 0 radical (unpaired) electrons. The summed E-state index contributed by atoms with van der Waals surface area (Å²) in [6, 6.07) is 16.5. The minimum absolute atomic E-state index is 0.0633. The average Bonchev–Trinajstić information content (AvgIpc) is 3.33. The van der Waals surface area contributed by atoms with Crippen LogP contribution in [-0.2, 0) is 30.5 Å². The number of likely N-dealkylation sites (tertiary alicyclic amines) is 1. The van der Waals surface area contributed by atoms with E-state index in [1.807, 2.05) is 48.5 Å². The lowest BCUT2D eigenvalue weighted by Gasteiger charge is -2.25. The predicted molar refractivity (Wildman–Crippen MR) is 125 cm³/mol. The molecule has 0 unspecified atom stereocenters. The zero-order valence-electron chi connectivity index (χ0n) is 19.0. The van der Waals surface area contributed by atoms with Crippen LogP contribution in [0.3, 0.4) is 0 Å². The quantitative estimate of drug-likeness (QED) is 0.436. The average molecular weight is 465 g/mol. The number of rotatable bonds is 9. The highest BCUT2D eigenvalue weighted by atomic mass is 16.5. The molecule has 3 rings (SSSR count). The monoisotopic (exact) mass is 464 g/mol. The second kappa shape index (κ2) is 11.8. The molecule has 2 aromatic carbocycles. The molecule has 0 aromatic heterocycles. The molecular weight excluding hydrogens is 436 g/mol. The third-order valence-corrected chi connectivity index (χ3v) is 5.54. The summed E-state index contributed by atoms with van der Waals surface area (Å²) in [5.41, 5.74) is 1.69. The lowest BCUT2D eigenvalue weighted by molar-refractivity contribution is -0.149. The summed E-state index contributed by atoms with van der Waals surface area (Å²) in [5.74, 6) is -2.69. The molecule has 1 fully saturated rings. The van der Waals surface area contributed by atoms with Gasteiger partial charge in [0.05, 0.1) is 6.42 Å². The van der Waals surface area contributed by atoms with E-state index in [-0.39, 0.29) is 18.6 Å². The van der Waals surface area contributed by atoms with Gasteiger partial charge in [-0.2, -0.15) is 0 Å². The number of nitrogens with zero attached hydrogens (tertiary/aromatic N) is 1. The van der Waals surface area contributed by atoms with E-state index in [1.54, 1.807) is 18.2 Å². The first kappa shape index (κ1) is 24.7. The van der Waals surface area contributed by atoms with Crippen LogP contribution in [0.2, 0.25) is 0 Å². The zero-order valence-corrected chi connectivity index (χ0v) is 19.0. The third-order valence-electron chi connectivity index (χ3n) is 5.54. The molecule has 2 N–H and O–H groups in total. The minimum Gasteiger partial charge on any atom is -0.480 e. The summed E-state index contributed by atoms with van der Waals surface area (Å²) >= 11 is 0. The Morgan fingerprint density at radius 3 is 2.38 bits per heavy atom. The number of amides is 2. The first-order valence-electron chi connectivity index (χ1n) is 11.1. The number of benzene rings is 2. The molecule has 8 heteroatoms. The van der Waals surface area contributed by atoms with E-state index in [0.717, 1.165) is 11.1 Å². The summed E-state index contributed by atoms with van der Waals surface area (Å²) < 4.78 is 5.41. The van der Waals surface area contributed by atoms with Gasteiger partial charge in [-0.15, -0.1) is 0 Å². The first-order valence-corrected chi connectivity index (χ1v) is 11.1. The van der Waals surface area contributed by atoms with Crippen LogP contribution in [0.25, 0.3) is 6.08 Å². The molecular formula is C26H28N2O6. The number of carbonyl (C=O) groups excluding carboxylic acids is 3. The normalized spacial score (nSPS) is 16.6. The van der Waals surface area contributed by atoms with Crippen LogP contribution in [0.1, 0.15) is 37.3 Å².